The molecule has 8 nitrogen and oxygen atoms in total. The van der Waals surface area contributed by atoms with Gasteiger partial charge in [0, 0.05) is 23.3 Å². The van der Waals surface area contributed by atoms with Gasteiger partial charge in [0.15, 0.2) is 5.16 Å². The van der Waals surface area contributed by atoms with Crippen LogP contribution in [0.5, 0.6) is 0 Å². The summed E-state index contributed by atoms with van der Waals surface area (Å²) in [5.74, 6) is -0.000639. The number of hydrogen-bond acceptors (Lipinski definition) is 7. The normalized spacial score (nSPS) is 12.2. The van der Waals surface area contributed by atoms with E-state index in [1.54, 1.807) is 25.1 Å². The topological polar surface area (TPSA) is 114 Å². The summed E-state index contributed by atoms with van der Waals surface area (Å²) in [5.41, 5.74) is 2.17. The predicted molar refractivity (Wildman–Crippen MR) is 117 cm³/mol. The molecule has 30 heavy (non-hydrogen) atoms. The second-order valence-corrected chi connectivity index (χ2v) is 9.52. The average Bonchev–Trinajstić information content (AvgIpc) is 2.68. The van der Waals surface area contributed by atoms with Crippen LogP contribution < -0.4 is 10.0 Å². The Balaban J connectivity index is 1.63. The van der Waals surface area contributed by atoms with Crippen molar-refractivity contribution in [2.24, 2.45) is 0 Å². The molecule has 1 unspecified atom stereocenters. The van der Waals surface area contributed by atoms with E-state index in [0.29, 0.717) is 10.8 Å². The van der Waals surface area contributed by atoms with Gasteiger partial charge in [-0.1, -0.05) is 17.8 Å². The van der Waals surface area contributed by atoms with Gasteiger partial charge in [0.25, 0.3) is 10.0 Å². The molecule has 1 atom stereocenters. The lowest BCUT2D eigenvalue weighted by Gasteiger charge is -2.12. The van der Waals surface area contributed by atoms with Crippen molar-refractivity contribution in [3.63, 3.8) is 0 Å². The van der Waals surface area contributed by atoms with E-state index in [0.717, 1.165) is 11.4 Å². The van der Waals surface area contributed by atoms with Crippen LogP contribution in [0.25, 0.3) is 0 Å². The van der Waals surface area contributed by atoms with Crippen molar-refractivity contribution < 1.29 is 13.2 Å². The van der Waals surface area contributed by atoms with Crippen molar-refractivity contribution in [2.45, 2.75) is 36.1 Å². The quantitative estimate of drug-likeness (QED) is 0.425. The van der Waals surface area contributed by atoms with Crippen LogP contribution in [0, 0.1) is 13.8 Å². The van der Waals surface area contributed by atoms with E-state index in [4.69, 9.17) is 0 Å². The summed E-state index contributed by atoms with van der Waals surface area (Å²) >= 11 is 1.26. The molecule has 0 saturated heterocycles. The van der Waals surface area contributed by atoms with Gasteiger partial charge in [0.1, 0.15) is 5.82 Å². The van der Waals surface area contributed by atoms with Gasteiger partial charge in [0.05, 0.1) is 10.1 Å². The van der Waals surface area contributed by atoms with Crippen LogP contribution in [-0.2, 0) is 14.8 Å². The Morgan fingerprint density at radius 2 is 1.70 bits per heavy atom. The van der Waals surface area contributed by atoms with Gasteiger partial charge in [-0.25, -0.2) is 23.4 Å². The fraction of sp³-hybridized carbons (Fsp3) is 0.200. The third-order valence-corrected chi connectivity index (χ3v) is 6.28. The number of nitrogens with zero attached hydrogens (tertiary/aromatic N) is 3. The van der Waals surface area contributed by atoms with Crippen LogP contribution in [0.3, 0.4) is 0 Å². The number of carbonyl (C=O) groups excluding carboxylic acids is 1. The van der Waals surface area contributed by atoms with E-state index in [1.165, 1.54) is 42.2 Å². The molecule has 0 aliphatic rings. The highest BCUT2D eigenvalue weighted by Gasteiger charge is 2.18. The summed E-state index contributed by atoms with van der Waals surface area (Å²) in [4.78, 5) is 25.2. The molecule has 0 bridgehead atoms. The number of carbonyl (C=O) groups is 1. The first-order valence-corrected chi connectivity index (χ1v) is 11.4. The number of nitrogens with one attached hydrogen (secondary N) is 2. The number of thioether (sulfide) groups is 1. The first kappa shape index (κ1) is 21.7. The van der Waals surface area contributed by atoms with Crippen molar-refractivity contribution in [1.82, 2.24) is 15.0 Å². The molecule has 0 aliphatic carbocycles. The Bertz CT molecular complexity index is 1120. The number of hydrogen-bond donors (Lipinski definition) is 2. The fourth-order valence-electron chi connectivity index (χ4n) is 2.54. The number of benzene rings is 1. The van der Waals surface area contributed by atoms with Crippen LogP contribution in [-0.4, -0.2) is 34.5 Å². The number of anilines is 2. The highest BCUT2D eigenvalue weighted by Crippen LogP contribution is 2.22. The minimum absolute atomic E-state index is 0.0669. The Morgan fingerprint density at radius 1 is 1.03 bits per heavy atom. The maximum Gasteiger partial charge on any atom is 0.263 e. The van der Waals surface area contributed by atoms with Crippen molar-refractivity contribution in [1.29, 1.82) is 0 Å². The molecule has 2 aromatic heterocycles. The van der Waals surface area contributed by atoms with Gasteiger partial charge >= 0.3 is 0 Å². The van der Waals surface area contributed by atoms with E-state index in [1.807, 2.05) is 19.9 Å². The number of sulfonamides is 1. The van der Waals surface area contributed by atoms with Crippen LogP contribution in [0.15, 0.2) is 64.8 Å². The molecule has 3 rings (SSSR count). The first-order chi connectivity index (χ1) is 14.2. The van der Waals surface area contributed by atoms with Gasteiger partial charge in [0.2, 0.25) is 5.91 Å². The van der Waals surface area contributed by atoms with E-state index in [-0.39, 0.29) is 16.6 Å². The molecule has 0 saturated carbocycles. The summed E-state index contributed by atoms with van der Waals surface area (Å²) in [5, 5.41) is 2.89. The third-order valence-electron chi connectivity index (χ3n) is 3.95. The molecular weight excluding hydrogens is 422 g/mol. The standard InChI is InChI=1S/C20H21N5O3S2/c1-13-12-14(2)23-20(22-13)29-15(3)19(26)24-16-7-9-17(10-8-16)30(27,28)25-18-6-4-5-11-21-18/h4-12,15H,1-3H3,(H,21,25)(H,24,26). The molecule has 0 aliphatic heterocycles. The Hall–Kier alpha value is -2.98. The van der Waals surface area contributed by atoms with Gasteiger partial charge in [-0.2, -0.15) is 0 Å². The molecule has 0 fully saturated rings. The lowest BCUT2D eigenvalue weighted by atomic mass is 10.3. The molecule has 1 amide bonds. The molecule has 156 valence electrons. The maximum absolute atomic E-state index is 12.5. The monoisotopic (exact) mass is 443 g/mol. The fourth-order valence-corrected chi connectivity index (χ4v) is 4.42. The van der Waals surface area contributed by atoms with Crippen molar-refractivity contribution in [3.8, 4) is 0 Å². The highest BCUT2D eigenvalue weighted by atomic mass is 32.2. The van der Waals surface area contributed by atoms with Gasteiger partial charge in [-0.05, 0) is 63.2 Å². The highest BCUT2D eigenvalue weighted by molar-refractivity contribution is 8.00. The molecule has 0 spiro atoms. The van der Waals surface area contributed by atoms with Crippen molar-refractivity contribution in [3.05, 3.63) is 66.1 Å². The summed E-state index contributed by atoms with van der Waals surface area (Å²) in [6, 6.07) is 12.7. The number of aromatic nitrogens is 3. The van der Waals surface area contributed by atoms with E-state index in [9.17, 15) is 13.2 Å². The zero-order valence-corrected chi connectivity index (χ0v) is 18.3. The zero-order valence-electron chi connectivity index (χ0n) is 16.7. The van der Waals surface area contributed by atoms with Crippen molar-refractivity contribution in [2.75, 3.05) is 10.0 Å². The third kappa shape index (κ3) is 5.77. The molecular formula is C20H21N5O3S2. The van der Waals surface area contributed by atoms with Crippen molar-refractivity contribution >= 4 is 39.2 Å². The minimum Gasteiger partial charge on any atom is -0.325 e. The molecule has 2 heterocycles. The van der Waals surface area contributed by atoms with E-state index in [2.05, 4.69) is 25.0 Å². The van der Waals surface area contributed by atoms with Gasteiger partial charge in [-0.3, -0.25) is 9.52 Å². The Labute approximate surface area is 179 Å². The molecule has 0 radical (unpaired) electrons. The smallest absolute Gasteiger partial charge is 0.263 e. The Morgan fingerprint density at radius 3 is 2.30 bits per heavy atom. The van der Waals surface area contributed by atoms with E-state index < -0.39 is 15.3 Å². The van der Waals surface area contributed by atoms with Crippen LogP contribution in [0.4, 0.5) is 11.5 Å². The average molecular weight is 444 g/mol. The minimum atomic E-state index is -3.77. The SMILES string of the molecule is Cc1cc(C)nc(SC(C)C(=O)Nc2ccc(S(=O)(=O)Nc3ccccn3)cc2)n1. The van der Waals surface area contributed by atoms with Crippen LogP contribution in [0.1, 0.15) is 18.3 Å². The lowest BCUT2D eigenvalue weighted by molar-refractivity contribution is -0.115. The summed E-state index contributed by atoms with van der Waals surface area (Å²) in [7, 11) is -3.77. The molecule has 1 aromatic carbocycles. The molecule has 2 N–H and O–H groups in total. The summed E-state index contributed by atoms with van der Waals surface area (Å²) in [6.45, 7) is 5.51. The largest absolute Gasteiger partial charge is 0.325 e. The zero-order chi connectivity index (χ0) is 21.7. The van der Waals surface area contributed by atoms with Gasteiger partial charge in [-0.15, -0.1) is 0 Å². The summed E-state index contributed by atoms with van der Waals surface area (Å²) in [6.07, 6.45) is 1.50. The number of rotatable bonds is 7. The first-order valence-electron chi connectivity index (χ1n) is 9.07. The maximum atomic E-state index is 12.5. The second kappa shape index (κ2) is 9.23. The van der Waals surface area contributed by atoms with Crippen LogP contribution >= 0.6 is 11.8 Å². The summed E-state index contributed by atoms with van der Waals surface area (Å²) < 4.78 is 27.3. The second-order valence-electron chi connectivity index (χ2n) is 6.53. The van der Waals surface area contributed by atoms with Crippen LogP contribution in [0.2, 0.25) is 0 Å². The Kier molecular flexibility index (Phi) is 6.68. The van der Waals surface area contributed by atoms with Gasteiger partial charge < -0.3 is 5.32 Å². The number of amides is 1. The predicted octanol–water partition coefficient (Wildman–Crippen LogP) is 3.41. The lowest BCUT2D eigenvalue weighted by Crippen LogP contribution is -2.22. The number of aryl methyl sites for hydroxylation is 2. The number of pyridine rings is 1. The molecule has 3 aromatic rings. The molecule has 10 heteroatoms. The van der Waals surface area contributed by atoms with E-state index >= 15 is 0 Å².